The van der Waals surface area contributed by atoms with Crippen molar-refractivity contribution >= 4 is 6.09 Å². The van der Waals surface area contributed by atoms with Gasteiger partial charge >= 0.3 is 6.09 Å². The molecule has 0 fully saturated rings. The van der Waals surface area contributed by atoms with Crippen LogP contribution in [0.25, 0.3) is 0 Å². The largest absolute Gasteiger partial charge is 0.496 e. The molecule has 1 aromatic heterocycles. The zero-order valence-corrected chi connectivity index (χ0v) is 13.2. The SMILES string of the molecule is COc1c(C)cnc(CNC(=O)Oc2cccc(C#N)c2)c1C. The van der Waals surface area contributed by atoms with Gasteiger partial charge in [0.15, 0.2) is 0 Å². The van der Waals surface area contributed by atoms with Crippen LogP contribution in [0.5, 0.6) is 11.5 Å². The third-order valence-electron chi connectivity index (χ3n) is 3.32. The summed E-state index contributed by atoms with van der Waals surface area (Å²) < 4.78 is 10.5. The van der Waals surface area contributed by atoms with E-state index >= 15 is 0 Å². The number of ether oxygens (including phenoxy) is 2. The van der Waals surface area contributed by atoms with Gasteiger partial charge in [0.05, 0.1) is 31.0 Å². The molecule has 6 nitrogen and oxygen atoms in total. The molecule has 0 unspecified atom stereocenters. The summed E-state index contributed by atoms with van der Waals surface area (Å²) in [5.41, 5.74) is 2.94. The second-order valence-electron chi connectivity index (χ2n) is 4.93. The first kappa shape index (κ1) is 16.3. The Bertz CT molecular complexity index is 766. The Labute approximate surface area is 134 Å². The maximum absolute atomic E-state index is 11.8. The van der Waals surface area contributed by atoms with Crippen molar-refractivity contribution < 1.29 is 14.3 Å². The number of amides is 1. The molecule has 0 aliphatic rings. The fourth-order valence-corrected chi connectivity index (χ4v) is 2.18. The molecule has 1 heterocycles. The third-order valence-corrected chi connectivity index (χ3v) is 3.32. The van der Waals surface area contributed by atoms with Crippen LogP contribution in [0.3, 0.4) is 0 Å². The van der Waals surface area contributed by atoms with Gasteiger partial charge in [0.1, 0.15) is 11.5 Å². The number of nitriles is 1. The summed E-state index contributed by atoms with van der Waals surface area (Å²) in [6.45, 7) is 4.02. The fraction of sp³-hybridized carbons (Fsp3) is 0.235. The molecule has 0 aliphatic heterocycles. The molecule has 23 heavy (non-hydrogen) atoms. The number of benzene rings is 1. The maximum atomic E-state index is 11.8. The van der Waals surface area contributed by atoms with Gasteiger partial charge in [-0.05, 0) is 32.0 Å². The lowest BCUT2D eigenvalue weighted by molar-refractivity contribution is 0.200. The highest BCUT2D eigenvalue weighted by Gasteiger charge is 2.11. The Hall–Kier alpha value is -3.07. The van der Waals surface area contributed by atoms with Crippen LogP contribution in [0.4, 0.5) is 4.79 Å². The highest BCUT2D eigenvalue weighted by atomic mass is 16.6. The van der Waals surface area contributed by atoms with Gasteiger partial charge in [-0.15, -0.1) is 0 Å². The van der Waals surface area contributed by atoms with Crippen molar-refractivity contribution in [2.45, 2.75) is 20.4 Å². The first-order chi connectivity index (χ1) is 11.0. The number of nitrogens with one attached hydrogen (secondary N) is 1. The Morgan fingerprint density at radius 1 is 1.39 bits per heavy atom. The zero-order chi connectivity index (χ0) is 16.8. The lowest BCUT2D eigenvalue weighted by atomic mass is 10.1. The molecule has 1 aromatic carbocycles. The van der Waals surface area contributed by atoms with Gasteiger partial charge in [-0.3, -0.25) is 4.98 Å². The Kier molecular flexibility index (Phi) is 5.15. The summed E-state index contributed by atoms with van der Waals surface area (Å²) in [4.78, 5) is 16.1. The number of hydrogen-bond donors (Lipinski definition) is 1. The van der Waals surface area contributed by atoms with Gasteiger partial charge in [0, 0.05) is 17.3 Å². The normalized spacial score (nSPS) is 9.83. The smallest absolute Gasteiger partial charge is 0.412 e. The van der Waals surface area contributed by atoms with Crippen LogP contribution in [0, 0.1) is 25.2 Å². The summed E-state index contributed by atoms with van der Waals surface area (Å²) in [5, 5.41) is 11.5. The van der Waals surface area contributed by atoms with E-state index in [0.717, 1.165) is 16.9 Å². The molecular formula is C17H17N3O3. The number of aromatic nitrogens is 1. The maximum Gasteiger partial charge on any atom is 0.412 e. The molecule has 1 amide bonds. The van der Waals surface area contributed by atoms with Gasteiger partial charge in [0.2, 0.25) is 0 Å². The Morgan fingerprint density at radius 3 is 2.87 bits per heavy atom. The minimum absolute atomic E-state index is 0.221. The van der Waals surface area contributed by atoms with Crippen molar-refractivity contribution in [1.82, 2.24) is 10.3 Å². The van der Waals surface area contributed by atoms with Crippen LogP contribution in [0.15, 0.2) is 30.5 Å². The monoisotopic (exact) mass is 311 g/mol. The standard InChI is InChI=1S/C17H17N3O3/c1-11-9-19-15(12(2)16(11)22-3)10-20-17(21)23-14-6-4-5-13(7-14)8-18/h4-7,9H,10H2,1-3H3,(H,20,21). The average Bonchev–Trinajstić information content (AvgIpc) is 2.55. The van der Waals surface area contributed by atoms with Gasteiger partial charge in [-0.2, -0.15) is 5.26 Å². The number of pyridine rings is 1. The van der Waals surface area contributed by atoms with E-state index in [0.29, 0.717) is 17.0 Å². The third kappa shape index (κ3) is 3.98. The minimum Gasteiger partial charge on any atom is -0.496 e. The van der Waals surface area contributed by atoms with Crippen LogP contribution in [0.2, 0.25) is 0 Å². The van der Waals surface area contributed by atoms with Crippen LogP contribution < -0.4 is 14.8 Å². The number of hydrogen-bond acceptors (Lipinski definition) is 5. The molecule has 2 rings (SSSR count). The van der Waals surface area contributed by atoms with Gasteiger partial charge in [0.25, 0.3) is 0 Å². The highest BCUT2D eigenvalue weighted by molar-refractivity contribution is 5.70. The van der Waals surface area contributed by atoms with E-state index in [1.165, 1.54) is 6.07 Å². The van der Waals surface area contributed by atoms with E-state index in [2.05, 4.69) is 10.3 Å². The van der Waals surface area contributed by atoms with Gasteiger partial charge in [-0.1, -0.05) is 6.07 Å². The summed E-state index contributed by atoms with van der Waals surface area (Å²) in [5.74, 6) is 1.07. The summed E-state index contributed by atoms with van der Waals surface area (Å²) in [7, 11) is 1.60. The van der Waals surface area contributed by atoms with Crippen molar-refractivity contribution in [3.63, 3.8) is 0 Å². The first-order valence-electron chi connectivity index (χ1n) is 7.00. The topological polar surface area (TPSA) is 84.2 Å². The average molecular weight is 311 g/mol. The second kappa shape index (κ2) is 7.27. The van der Waals surface area contributed by atoms with E-state index in [9.17, 15) is 4.79 Å². The number of carbonyl (C=O) groups excluding carboxylic acids is 1. The van der Waals surface area contributed by atoms with Crippen LogP contribution >= 0.6 is 0 Å². The number of methoxy groups -OCH3 is 1. The van der Waals surface area contributed by atoms with Crippen molar-refractivity contribution in [3.8, 4) is 17.6 Å². The number of aryl methyl sites for hydroxylation is 1. The molecule has 0 atom stereocenters. The minimum atomic E-state index is -0.610. The first-order valence-corrected chi connectivity index (χ1v) is 7.00. The Balaban J connectivity index is 2.01. The van der Waals surface area contributed by atoms with E-state index in [4.69, 9.17) is 14.7 Å². The highest BCUT2D eigenvalue weighted by Crippen LogP contribution is 2.23. The van der Waals surface area contributed by atoms with E-state index in [-0.39, 0.29) is 6.54 Å². The summed E-state index contributed by atoms with van der Waals surface area (Å²) >= 11 is 0. The molecule has 0 saturated heterocycles. The molecule has 1 N–H and O–H groups in total. The molecule has 0 bridgehead atoms. The van der Waals surface area contributed by atoms with Crippen LogP contribution in [0.1, 0.15) is 22.4 Å². The fourth-order valence-electron chi connectivity index (χ4n) is 2.18. The Morgan fingerprint density at radius 2 is 2.17 bits per heavy atom. The molecule has 0 radical (unpaired) electrons. The van der Waals surface area contributed by atoms with Crippen molar-refractivity contribution in [2.75, 3.05) is 7.11 Å². The molecule has 0 spiro atoms. The van der Waals surface area contributed by atoms with Crippen LogP contribution in [-0.2, 0) is 6.54 Å². The number of nitrogens with zero attached hydrogens (tertiary/aromatic N) is 2. The van der Waals surface area contributed by atoms with Crippen LogP contribution in [-0.4, -0.2) is 18.2 Å². The molecule has 0 aliphatic carbocycles. The molecule has 2 aromatic rings. The molecule has 0 saturated carbocycles. The lowest BCUT2D eigenvalue weighted by Gasteiger charge is -2.12. The number of rotatable bonds is 4. The van der Waals surface area contributed by atoms with Crippen molar-refractivity contribution in [2.24, 2.45) is 0 Å². The second-order valence-corrected chi connectivity index (χ2v) is 4.93. The predicted molar refractivity (Wildman–Crippen MR) is 84.3 cm³/mol. The van der Waals surface area contributed by atoms with E-state index in [1.54, 1.807) is 31.5 Å². The number of carbonyl (C=O) groups is 1. The predicted octanol–water partition coefficient (Wildman–Crippen LogP) is 2.87. The van der Waals surface area contributed by atoms with E-state index < -0.39 is 6.09 Å². The molecular weight excluding hydrogens is 294 g/mol. The molecule has 6 heteroatoms. The van der Waals surface area contributed by atoms with Crippen molar-refractivity contribution in [3.05, 3.63) is 52.8 Å². The summed E-state index contributed by atoms with van der Waals surface area (Å²) in [6.07, 6.45) is 1.09. The quantitative estimate of drug-likeness (QED) is 0.938. The van der Waals surface area contributed by atoms with E-state index in [1.807, 2.05) is 19.9 Å². The molecule has 118 valence electrons. The van der Waals surface area contributed by atoms with Gasteiger partial charge in [-0.25, -0.2) is 4.79 Å². The lowest BCUT2D eigenvalue weighted by Crippen LogP contribution is -2.27. The van der Waals surface area contributed by atoms with Gasteiger partial charge < -0.3 is 14.8 Å². The summed E-state index contributed by atoms with van der Waals surface area (Å²) in [6, 6.07) is 8.38. The zero-order valence-electron chi connectivity index (χ0n) is 13.2. The van der Waals surface area contributed by atoms with Crippen molar-refractivity contribution in [1.29, 1.82) is 5.26 Å².